The summed E-state index contributed by atoms with van der Waals surface area (Å²) in [5.41, 5.74) is 2.71. The number of carbonyl (C=O) groups excluding carboxylic acids is 1. The van der Waals surface area contributed by atoms with Crippen LogP contribution in [-0.4, -0.2) is 30.6 Å². The number of benzene rings is 2. The van der Waals surface area contributed by atoms with Gasteiger partial charge in [-0.25, -0.2) is 0 Å². The maximum Gasteiger partial charge on any atom is 0.237 e. The molecule has 0 saturated heterocycles. The van der Waals surface area contributed by atoms with Crippen molar-refractivity contribution < 1.29 is 14.3 Å². The molecule has 4 nitrogen and oxygen atoms in total. The summed E-state index contributed by atoms with van der Waals surface area (Å²) < 4.78 is 11.0. The van der Waals surface area contributed by atoms with Gasteiger partial charge in [-0.15, -0.1) is 11.8 Å². The highest BCUT2D eigenvalue weighted by Crippen LogP contribution is 2.31. The van der Waals surface area contributed by atoms with Crippen LogP contribution in [0.3, 0.4) is 0 Å². The fraction of sp³-hybridized carbons (Fsp3) is 0.350. The Kier molecular flexibility index (Phi) is 7.66. The first kappa shape index (κ1) is 20.5. The number of thioether (sulfide) groups is 1. The first-order chi connectivity index (χ1) is 12.4. The summed E-state index contributed by atoms with van der Waals surface area (Å²) in [6.45, 7) is 6.35. The fourth-order valence-electron chi connectivity index (χ4n) is 2.26. The zero-order valence-electron chi connectivity index (χ0n) is 15.5. The minimum atomic E-state index is -0.211. The molecule has 0 aromatic heterocycles. The molecule has 0 heterocycles. The highest BCUT2D eigenvalue weighted by molar-refractivity contribution is 8.00. The van der Waals surface area contributed by atoms with Crippen LogP contribution in [-0.2, 0) is 4.79 Å². The van der Waals surface area contributed by atoms with Gasteiger partial charge in [-0.05, 0) is 44.5 Å². The van der Waals surface area contributed by atoms with Crippen molar-refractivity contribution in [3.05, 3.63) is 52.5 Å². The average Bonchev–Trinajstić information content (AvgIpc) is 2.62. The van der Waals surface area contributed by atoms with E-state index in [9.17, 15) is 4.79 Å². The van der Waals surface area contributed by atoms with Crippen LogP contribution in [0.1, 0.15) is 18.1 Å². The van der Waals surface area contributed by atoms with E-state index in [1.165, 1.54) is 5.56 Å². The molecule has 2 aromatic carbocycles. The van der Waals surface area contributed by atoms with Crippen molar-refractivity contribution in [1.29, 1.82) is 0 Å². The molecule has 0 radical (unpaired) electrons. The third kappa shape index (κ3) is 5.85. The number of methoxy groups -OCH3 is 1. The number of hydrogen-bond acceptors (Lipinski definition) is 4. The fourth-order valence-corrected chi connectivity index (χ4v) is 3.16. The number of aryl methyl sites for hydroxylation is 2. The summed E-state index contributed by atoms with van der Waals surface area (Å²) >= 11 is 7.64. The van der Waals surface area contributed by atoms with Gasteiger partial charge >= 0.3 is 0 Å². The molecule has 1 amide bonds. The standard InChI is InChI=1S/C20H24ClNO3S/c1-13-5-7-16(8-6-13)25-9-10-26-15(3)20(23)22-18-11-14(2)17(21)12-19(18)24-4/h5-8,11-12,15H,9-10H2,1-4H3,(H,22,23). The van der Waals surface area contributed by atoms with Crippen LogP contribution < -0.4 is 14.8 Å². The molecule has 0 spiro atoms. The molecular weight excluding hydrogens is 370 g/mol. The molecule has 0 aliphatic carbocycles. The molecule has 2 rings (SSSR count). The predicted molar refractivity (Wildman–Crippen MR) is 110 cm³/mol. The average molecular weight is 394 g/mol. The topological polar surface area (TPSA) is 47.6 Å². The first-order valence-electron chi connectivity index (χ1n) is 8.36. The monoisotopic (exact) mass is 393 g/mol. The lowest BCUT2D eigenvalue weighted by Crippen LogP contribution is -2.23. The van der Waals surface area contributed by atoms with Crippen LogP contribution in [0.25, 0.3) is 0 Å². The Hall–Kier alpha value is -1.85. The Morgan fingerprint density at radius 2 is 1.92 bits per heavy atom. The van der Waals surface area contributed by atoms with Crippen LogP contribution >= 0.6 is 23.4 Å². The summed E-state index contributed by atoms with van der Waals surface area (Å²) in [5.74, 6) is 2.04. The number of ether oxygens (including phenoxy) is 2. The lowest BCUT2D eigenvalue weighted by molar-refractivity contribution is -0.115. The molecule has 0 saturated carbocycles. The van der Waals surface area contributed by atoms with Crippen molar-refractivity contribution in [3.8, 4) is 11.5 Å². The molecule has 6 heteroatoms. The van der Waals surface area contributed by atoms with Crippen LogP contribution in [0.2, 0.25) is 5.02 Å². The third-order valence-corrected chi connectivity index (χ3v) is 5.37. The summed E-state index contributed by atoms with van der Waals surface area (Å²) in [7, 11) is 1.55. The Bertz CT molecular complexity index is 749. The second-order valence-electron chi connectivity index (χ2n) is 5.97. The van der Waals surface area contributed by atoms with Gasteiger partial charge < -0.3 is 14.8 Å². The second-order valence-corrected chi connectivity index (χ2v) is 7.82. The van der Waals surface area contributed by atoms with Crippen molar-refractivity contribution in [2.24, 2.45) is 0 Å². The first-order valence-corrected chi connectivity index (χ1v) is 9.79. The van der Waals surface area contributed by atoms with Crippen LogP contribution in [0, 0.1) is 13.8 Å². The van der Waals surface area contributed by atoms with E-state index >= 15 is 0 Å². The molecule has 0 aliphatic heterocycles. The molecule has 0 fully saturated rings. The molecule has 1 N–H and O–H groups in total. The van der Waals surface area contributed by atoms with Crippen molar-refractivity contribution in [1.82, 2.24) is 0 Å². The van der Waals surface area contributed by atoms with Gasteiger partial charge in [0.15, 0.2) is 0 Å². The molecule has 2 aromatic rings. The van der Waals surface area contributed by atoms with Crippen molar-refractivity contribution >= 4 is 35.0 Å². The lowest BCUT2D eigenvalue weighted by atomic mass is 10.2. The normalized spacial score (nSPS) is 11.7. The third-order valence-electron chi connectivity index (χ3n) is 3.85. The summed E-state index contributed by atoms with van der Waals surface area (Å²) in [4.78, 5) is 12.4. The zero-order chi connectivity index (χ0) is 19.1. The Labute approximate surface area is 164 Å². The van der Waals surface area contributed by atoms with Crippen molar-refractivity contribution in [2.75, 3.05) is 24.8 Å². The van der Waals surface area contributed by atoms with Gasteiger partial charge in [0.1, 0.15) is 11.5 Å². The molecular formula is C20H24ClNO3S. The molecule has 0 aliphatic rings. The Balaban J connectivity index is 1.82. The largest absolute Gasteiger partial charge is 0.495 e. The van der Waals surface area contributed by atoms with Crippen molar-refractivity contribution in [2.45, 2.75) is 26.0 Å². The van der Waals surface area contributed by atoms with Gasteiger partial charge in [-0.3, -0.25) is 4.79 Å². The van der Waals surface area contributed by atoms with Gasteiger partial charge in [-0.1, -0.05) is 29.3 Å². The minimum Gasteiger partial charge on any atom is -0.495 e. The van der Waals surface area contributed by atoms with Crippen LogP contribution in [0.4, 0.5) is 5.69 Å². The molecule has 0 bridgehead atoms. The number of nitrogens with one attached hydrogen (secondary N) is 1. The van der Waals surface area contributed by atoms with E-state index in [4.69, 9.17) is 21.1 Å². The van der Waals surface area contributed by atoms with Gasteiger partial charge in [0, 0.05) is 16.8 Å². The van der Waals surface area contributed by atoms with E-state index < -0.39 is 0 Å². The van der Waals surface area contributed by atoms with Crippen LogP contribution in [0.15, 0.2) is 36.4 Å². The second kappa shape index (κ2) is 9.74. The summed E-state index contributed by atoms with van der Waals surface area (Å²) in [5, 5.41) is 3.31. The zero-order valence-corrected chi connectivity index (χ0v) is 17.0. The molecule has 1 atom stereocenters. The van der Waals surface area contributed by atoms with E-state index in [2.05, 4.69) is 5.32 Å². The highest BCUT2D eigenvalue weighted by Gasteiger charge is 2.16. The SMILES string of the molecule is COc1cc(Cl)c(C)cc1NC(=O)C(C)SCCOc1ccc(C)cc1. The maximum absolute atomic E-state index is 12.4. The quantitative estimate of drug-likeness (QED) is 0.633. The number of rotatable bonds is 8. The Morgan fingerprint density at radius 3 is 2.58 bits per heavy atom. The number of amides is 1. The number of halogens is 1. The highest BCUT2D eigenvalue weighted by atomic mass is 35.5. The predicted octanol–water partition coefficient (Wildman–Crippen LogP) is 5.10. The van der Waals surface area contributed by atoms with E-state index in [1.807, 2.05) is 51.1 Å². The van der Waals surface area contributed by atoms with Gasteiger partial charge in [0.05, 0.1) is 24.7 Å². The Morgan fingerprint density at radius 1 is 1.23 bits per heavy atom. The van der Waals surface area contributed by atoms with E-state index in [0.717, 1.165) is 17.1 Å². The number of hydrogen-bond donors (Lipinski definition) is 1. The van der Waals surface area contributed by atoms with E-state index in [0.29, 0.717) is 23.1 Å². The van der Waals surface area contributed by atoms with Crippen molar-refractivity contribution in [3.63, 3.8) is 0 Å². The van der Waals surface area contributed by atoms with E-state index in [-0.39, 0.29) is 11.2 Å². The minimum absolute atomic E-state index is 0.0784. The number of anilines is 1. The van der Waals surface area contributed by atoms with Gasteiger partial charge in [-0.2, -0.15) is 0 Å². The maximum atomic E-state index is 12.4. The van der Waals surface area contributed by atoms with Crippen LogP contribution in [0.5, 0.6) is 11.5 Å². The van der Waals surface area contributed by atoms with E-state index in [1.54, 1.807) is 24.9 Å². The summed E-state index contributed by atoms with van der Waals surface area (Å²) in [6.07, 6.45) is 0. The molecule has 1 unspecified atom stereocenters. The smallest absolute Gasteiger partial charge is 0.237 e. The molecule has 26 heavy (non-hydrogen) atoms. The number of carbonyl (C=O) groups is 1. The summed E-state index contributed by atoms with van der Waals surface area (Å²) in [6, 6.07) is 11.5. The van der Waals surface area contributed by atoms with Gasteiger partial charge in [0.2, 0.25) is 5.91 Å². The molecule has 140 valence electrons. The lowest BCUT2D eigenvalue weighted by Gasteiger charge is -2.15. The van der Waals surface area contributed by atoms with Gasteiger partial charge in [0.25, 0.3) is 0 Å².